The molecule has 0 saturated carbocycles. The fraction of sp³-hybridized carbons (Fsp3) is 0. The number of aromatic nitrogens is 2. The highest BCUT2D eigenvalue weighted by Gasteiger charge is 2.13. The Balaban J connectivity index is 1.96. The Hall–Kier alpha value is -1.83. The number of anilines is 1. The Kier molecular flexibility index (Phi) is 2.78. The Morgan fingerprint density at radius 2 is 1.83 bits per heavy atom. The van der Waals surface area contributed by atoms with Crippen LogP contribution in [0.15, 0.2) is 45.3 Å². The monoisotopic (exact) mass is 353 g/mol. The summed E-state index contributed by atoms with van der Waals surface area (Å²) in [6.45, 7) is 0. The van der Waals surface area contributed by atoms with Crippen molar-refractivity contribution in [3.05, 3.63) is 40.2 Å². The largest absolute Gasteiger partial charge is 0.447 e. The van der Waals surface area contributed by atoms with E-state index in [1.807, 2.05) is 18.2 Å². The van der Waals surface area contributed by atoms with Gasteiger partial charge in [0.15, 0.2) is 9.53 Å². The highest BCUT2D eigenvalue weighted by atomic mass is 127. The van der Waals surface area contributed by atoms with Gasteiger partial charge < -0.3 is 14.7 Å². The molecule has 18 heavy (non-hydrogen) atoms. The van der Waals surface area contributed by atoms with E-state index in [4.69, 9.17) is 14.7 Å². The van der Waals surface area contributed by atoms with E-state index in [1.54, 1.807) is 18.2 Å². The first-order valence-corrected chi connectivity index (χ1v) is 6.25. The SMILES string of the molecule is Nc1ccc(-c2nc(-c3ccc(I)o3)no2)cc1. The van der Waals surface area contributed by atoms with Gasteiger partial charge in [0.1, 0.15) is 0 Å². The molecule has 0 spiro atoms. The normalized spacial score (nSPS) is 10.7. The van der Waals surface area contributed by atoms with Gasteiger partial charge in [-0.2, -0.15) is 4.98 Å². The topological polar surface area (TPSA) is 78.1 Å². The zero-order valence-electron chi connectivity index (χ0n) is 9.13. The molecule has 2 aromatic heterocycles. The smallest absolute Gasteiger partial charge is 0.258 e. The lowest BCUT2D eigenvalue weighted by atomic mass is 10.2. The van der Waals surface area contributed by atoms with Gasteiger partial charge in [-0.1, -0.05) is 5.16 Å². The van der Waals surface area contributed by atoms with Gasteiger partial charge in [-0.15, -0.1) is 0 Å². The fourth-order valence-corrected chi connectivity index (χ4v) is 1.92. The van der Waals surface area contributed by atoms with E-state index in [1.165, 1.54) is 0 Å². The van der Waals surface area contributed by atoms with Gasteiger partial charge in [-0.25, -0.2) is 0 Å². The number of nitrogens with zero attached hydrogens (tertiary/aromatic N) is 2. The molecule has 0 unspecified atom stereocenters. The van der Waals surface area contributed by atoms with Crippen LogP contribution in [0.25, 0.3) is 23.0 Å². The van der Waals surface area contributed by atoms with E-state index in [0.717, 1.165) is 9.33 Å². The van der Waals surface area contributed by atoms with Crippen molar-refractivity contribution in [3.8, 4) is 23.0 Å². The summed E-state index contributed by atoms with van der Waals surface area (Å²) in [5, 5.41) is 3.88. The highest BCUT2D eigenvalue weighted by Crippen LogP contribution is 2.24. The Bertz CT molecular complexity index is 673. The summed E-state index contributed by atoms with van der Waals surface area (Å²) in [5.74, 6) is 1.46. The van der Waals surface area contributed by atoms with Crippen molar-refractivity contribution in [1.82, 2.24) is 10.1 Å². The number of rotatable bonds is 2. The molecule has 0 saturated heterocycles. The molecule has 0 aliphatic carbocycles. The molecule has 1 aromatic carbocycles. The average Bonchev–Trinajstić information content (AvgIpc) is 2.98. The van der Waals surface area contributed by atoms with Crippen molar-refractivity contribution < 1.29 is 8.94 Å². The number of nitrogens with two attached hydrogens (primary N) is 1. The summed E-state index contributed by atoms with van der Waals surface area (Å²) in [7, 11) is 0. The van der Waals surface area contributed by atoms with Crippen LogP contribution in [0.5, 0.6) is 0 Å². The van der Waals surface area contributed by atoms with E-state index < -0.39 is 0 Å². The second-order valence-corrected chi connectivity index (χ2v) is 4.71. The standard InChI is InChI=1S/C12H8IN3O2/c13-10-6-5-9(17-10)11-15-12(18-16-11)7-1-3-8(14)4-2-7/h1-6H,14H2. The van der Waals surface area contributed by atoms with Crippen molar-refractivity contribution in [2.75, 3.05) is 5.73 Å². The molecule has 0 radical (unpaired) electrons. The zero-order chi connectivity index (χ0) is 12.5. The molecule has 0 fully saturated rings. The van der Waals surface area contributed by atoms with Crippen LogP contribution in [0.3, 0.4) is 0 Å². The summed E-state index contributed by atoms with van der Waals surface area (Å²) < 4.78 is 11.4. The van der Waals surface area contributed by atoms with Gasteiger partial charge in [0, 0.05) is 11.3 Å². The lowest BCUT2D eigenvalue weighted by molar-refractivity contribution is 0.429. The molecular weight excluding hydrogens is 345 g/mol. The maximum Gasteiger partial charge on any atom is 0.258 e. The zero-order valence-corrected chi connectivity index (χ0v) is 11.3. The van der Waals surface area contributed by atoms with Crippen LogP contribution in [-0.2, 0) is 0 Å². The molecule has 3 rings (SSSR count). The average molecular weight is 353 g/mol. The van der Waals surface area contributed by atoms with E-state index in [9.17, 15) is 0 Å². The molecule has 2 heterocycles. The number of benzene rings is 1. The number of halogens is 1. The third-order valence-corrected chi connectivity index (χ3v) is 2.96. The molecule has 3 aromatic rings. The van der Waals surface area contributed by atoms with Crippen LogP contribution in [0, 0.1) is 3.77 Å². The summed E-state index contributed by atoms with van der Waals surface area (Å²) in [6.07, 6.45) is 0. The molecular formula is C12H8IN3O2. The molecule has 0 atom stereocenters. The minimum Gasteiger partial charge on any atom is -0.447 e. The number of nitrogen functional groups attached to an aromatic ring is 1. The summed E-state index contributed by atoms with van der Waals surface area (Å²) in [5.41, 5.74) is 7.14. The summed E-state index contributed by atoms with van der Waals surface area (Å²) in [6, 6.07) is 10.9. The molecule has 0 aliphatic heterocycles. The van der Waals surface area contributed by atoms with Crippen LogP contribution < -0.4 is 5.73 Å². The molecule has 5 nitrogen and oxygen atoms in total. The van der Waals surface area contributed by atoms with Crippen molar-refractivity contribution in [3.63, 3.8) is 0 Å². The predicted octanol–water partition coefficient (Wildman–Crippen LogP) is 3.18. The van der Waals surface area contributed by atoms with Gasteiger partial charge >= 0.3 is 0 Å². The van der Waals surface area contributed by atoms with Crippen molar-refractivity contribution >= 4 is 28.3 Å². The highest BCUT2D eigenvalue weighted by molar-refractivity contribution is 14.1. The number of hydrogen-bond donors (Lipinski definition) is 1. The van der Waals surface area contributed by atoms with Gasteiger partial charge in [-0.05, 0) is 59.0 Å². The van der Waals surface area contributed by atoms with Gasteiger partial charge in [0.05, 0.1) is 0 Å². The predicted molar refractivity (Wildman–Crippen MR) is 74.6 cm³/mol. The van der Waals surface area contributed by atoms with Gasteiger partial charge in [-0.3, -0.25) is 0 Å². The minimum atomic E-state index is 0.435. The molecule has 0 aliphatic rings. The number of hydrogen-bond acceptors (Lipinski definition) is 5. The van der Waals surface area contributed by atoms with E-state index >= 15 is 0 Å². The Morgan fingerprint density at radius 1 is 1.06 bits per heavy atom. The molecule has 2 N–H and O–H groups in total. The first-order chi connectivity index (χ1) is 8.72. The van der Waals surface area contributed by atoms with Crippen LogP contribution in [-0.4, -0.2) is 10.1 Å². The third-order valence-electron chi connectivity index (χ3n) is 2.38. The lowest BCUT2D eigenvalue weighted by Crippen LogP contribution is -1.84. The van der Waals surface area contributed by atoms with Crippen molar-refractivity contribution in [1.29, 1.82) is 0 Å². The first-order valence-electron chi connectivity index (χ1n) is 5.18. The van der Waals surface area contributed by atoms with E-state index in [2.05, 4.69) is 32.7 Å². The fourth-order valence-electron chi connectivity index (χ4n) is 1.50. The summed E-state index contributed by atoms with van der Waals surface area (Å²) in [4.78, 5) is 4.28. The molecule has 90 valence electrons. The Labute approximate surface area is 116 Å². The maximum absolute atomic E-state index is 5.62. The molecule has 0 amide bonds. The van der Waals surface area contributed by atoms with Gasteiger partial charge in [0.2, 0.25) is 5.82 Å². The molecule has 6 heteroatoms. The third kappa shape index (κ3) is 2.10. The minimum absolute atomic E-state index is 0.435. The van der Waals surface area contributed by atoms with Crippen LogP contribution in [0.1, 0.15) is 0 Å². The maximum atomic E-state index is 5.62. The first kappa shape index (κ1) is 11.3. The lowest BCUT2D eigenvalue weighted by Gasteiger charge is -1.94. The van der Waals surface area contributed by atoms with Crippen LogP contribution in [0.4, 0.5) is 5.69 Å². The van der Waals surface area contributed by atoms with Crippen LogP contribution in [0.2, 0.25) is 0 Å². The van der Waals surface area contributed by atoms with Gasteiger partial charge in [0.25, 0.3) is 5.89 Å². The van der Waals surface area contributed by atoms with Crippen molar-refractivity contribution in [2.45, 2.75) is 0 Å². The Morgan fingerprint density at radius 3 is 2.50 bits per heavy atom. The second-order valence-electron chi connectivity index (χ2n) is 3.65. The second kappa shape index (κ2) is 4.45. The van der Waals surface area contributed by atoms with E-state index in [-0.39, 0.29) is 0 Å². The molecule has 0 bridgehead atoms. The quantitative estimate of drug-likeness (QED) is 0.566. The number of furan rings is 1. The summed E-state index contributed by atoms with van der Waals surface area (Å²) >= 11 is 2.08. The van der Waals surface area contributed by atoms with Crippen LogP contribution >= 0.6 is 22.6 Å². The van der Waals surface area contributed by atoms with Crippen molar-refractivity contribution in [2.24, 2.45) is 0 Å². The van der Waals surface area contributed by atoms with E-state index in [0.29, 0.717) is 23.2 Å².